The number of morpholine rings is 1. The molecule has 3 aromatic rings. The number of hydrogen-bond donors (Lipinski definition) is 0. The van der Waals surface area contributed by atoms with E-state index in [9.17, 15) is 4.79 Å². The maximum atomic E-state index is 12.6. The molecule has 0 atom stereocenters. The van der Waals surface area contributed by atoms with Crippen LogP contribution >= 0.6 is 11.6 Å². The minimum atomic E-state index is -0.0560. The molecule has 4 rings (SSSR count). The maximum Gasteiger partial charge on any atom is 0.186 e. The Hall–Kier alpha value is -2.82. The summed E-state index contributed by atoms with van der Waals surface area (Å²) in [6.45, 7) is 3.11. The Kier molecular flexibility index (Phi) is 5.60. The summed E-state index contributed by atoms with van der Waals surface area (Å²) < 4.78 is 11.2. The van der Waals surface area contributed by atoms with Gasteiger partial charge < -0.3 is 14.1 Å². The fourth-order valence-corrected chi connectivity index (χ4v) is 3.27. The molecule has 1 fully saturated rings. The van der Waals surface area contributed by atoms with Gasteiger partial charge in [0.15, 0.2) is 5.78 Å². The van der Waals surface area contributed by atoms with E-state index in [0.717, 1.165) is 30.1 Å². The molecule has 1 aromatic heterocycles. The molecule has 2 aromatic carbocycles. The molecular weight excluding hydrogens is 374 g/mol. The molecule has 1 aliphatic heterocycles. The Morgan fingerprint density at radius 2 is 1.79 bits per heavy atom. The van der Waals surface area contributed by atoms with E-state index in [1.807, 2.05) is 60.7 Å². The first-order chi connectivity index (χ1) is 13.7. The number of benzene rings is 2. The van der Waals surface area contributed by atoms with E-state index >= 15 is 0 Å². The van der Waals surface area contributed by atoms with Crippen LogP contribution in [0.25, 0.3) is 17.4 Å². The van der Waals surface area contributed by atoms with Crippen LogP contribution in [0.2, 0.25) is 5.02 Å². The summed E-state index contributed by atoms with van der Waals surface area (Å²) in [5, 5.41) is 0.681. The van der Waals surface area contributed by atoms with Gasteiger partial charge in [-0.1, -0.05) is 23.7 Å². The summed E-state index contributed by atoms with van der Waals surface area (Å²) >= 11 is 5.92. The van der Waals surface area contributed by atoms with Crippen LogP contribution in [0.4, 0.5) is 5.69 Å². The van der Waals surface area contributed by atoms with Crippen molar-refractivity contribution in [3.63, 3.8) is 0 Å². The summed E-state index contributed by atoms with van der Waals surface area (Å²) in [6.07, 6.45) is 3.24. The monoisotopic (exact) mass is 393 g/mol. The summed E-state index contributed by atoms with van der Waals surface area (Å²) in [7, 11) is 0. The Labute approximate surface area is 169 Å². The van der Waals surface area contributed by atoms with Crippen molar-refractivity contribution in [2.24, 2.45) is 0 Å². The SMILES string of the molecule is O=C(C=Cc1ccc(-c2ccc(Cl)cc2)o1)c1cccc(N2CCOCC2)c1. The summed E-state index contributed by atoms with van der Waals surface area (Å²) in [6, 6.07) is 18.9. The average molecular weight is 394 g/mol. The highest BCUT2D eigenvalue weighted by Crippen LogP contribution is 2.24. The minimum Gasteiger partial charge on any atom is -0.457 e. The van der Waals surface area contributed by atoms with E-state index in [1.54, 1.807) is 12.2 Å². The van der Waals surface area contributed by atoms with Gasteiger partial charge in [0.25, 0.3) is 0 Å². The molecule has 0 amide bonds. The van der Waals surface area contributed by atoms with Gasteiger partial charge in [-0.2, -0.15) is 0 Å². The normalized spacial score (nSPS) is 14.5. The molecule has 0 radical (unpaired) electrons. The number of halogens is 1. The van der Waals surface area contributed by atoms with Gasteiger partial charge in [0.1, 0.15) is 11.5 Å². The third-order valence-corrected chi connectivity index (χ3v) is 4.91. The lowest BCUT2D eigenvalue weighted by Crippen LogP contribution is -2.36. The van der Waals surface area contributed by atoms with Crippen molar-refractivity contribution in [1.82, 2.24) is 0 Å². The van der Waals surface area contributed by atoms with Crippen molar-refractivity contribution in [2.45, 2.75) is 0 Å². The van der Waals surface area contributed by atoms with Gasteiger partial charge in [-0.3, -0.25) is 4.79 Å². The van der Waals surface area contributed by atoms with Crippen molar-refractivity contribution in [2.75, 3.05) is 31.2 Å². The highest BCUT2D eigenvalue weighted by molar-refractivity contribution is 6.30. The van der Waals surface area contributed by atoms with Crippen LogP contribution in [0.5, 0.6) is 0 Å². The number of ether oxygens (including phenoxy) is 1. The number of hydrogen-bond acceptors (Lipinski definition) is 4. The third kappa shape index (κ3) is 4.35. The van der Waals surface area contributed by atoms with Crippen LogP contribution in [0, 0.1) is 0 Å². The Morgan fingerprint density at radius 1 is 1.00 bits per heavy atom. The van der Waals surface area contributed by atoms with E-state index in [1.165, 1.54) is 0 Å². The lowest BCUT2D eigenvalue weighted by molar-refractivity contribution is 0.104. The summed E-state index contributed by atoms with van der Waals surface area (Å²) in [5.41, 5.74) is 2.64. The molecule has 4 nitrogen and oxygen atoms in total. The third-order valence-electron chi connectivity index (χ3n) is 4.66. The molecule has 0 spiro atoms. The highest BCUT2D eigenvalue weighted by Gasteiger charge is 2.12. The van der Waals surface area contributed by atoms with E-state index < -0.39 is 0 Å². The summed E-state index contributed by atoms with van der Waals surface area (Å²) in [5.74, 6) is 1.31. The second kappa shape index (κ2) is 8.46. The standard InChI is InChI=1S/C23H20ClNO3/c24-19-6-4-17(5-7-19)23-11-9-21(28-23)8-10-22(26)18-2-1-3-20(16-18)25-12-14-27-15-13-25/h1-11,16H,12-15H2. The molecule has 2 heterocycles. The van der Waals surface area contributed by atoms with Gasteiger partial charge in [0.05, 0.1) is 13.2 Å². The zero-order valence-corrected chi connectivity index (χ0v) is 16.1. The van der Waals surface area contributed by atoms with Crippen LogP contribution in [0.3, 0.4) is 0 Å². The second-order valence-corrected chi connectivity index (χ2v) is 6.99. The van der Waals surface area contributed by atoms with Crippen LogP contribution in [0.15, 0.2) is 71.2 Å². The molecule has 0 saturated carbocycles. The highest BCUT2D eigenvalue weighted by atomic mass is 35.5. The van der Waals surface area contributed by atoms with Crippen LogP contribution in [-0.4, -0.2) is 32.1 Å². The molecule has 1 aliphatic rings. The molecular formula is C23H20ClNO3. The predicted octanol–water partition coefficient (Wildman–Crippen LogP) is 5.33. The maximum absolute atomic E-state index is 12.6. The Bertz CT molecular complexity index is 985. The first kappa shape index (κ1) is 18.5. The van der Waals surface area contributed by atoms with Crippen molar-refractivity contribution >= 4 is 29.1 Å². The molecule has 0 N–H and O–H groups in total. The van der Waals surface area contributed by atoms with E-state index in [4.69, 9.17) is 20.8 Å². The van der Waals surface area contributed by atoms with Gasteiger partial charge in [-0.15, -0.1) is 0 Å². The van der Waals surface area contributed by atoms with Crippen molar-refractivity contribution < 1.29 is 13.9 Å². The Balaban J connectivity index is 1.46. The number of carbonyl (C=O) groups excluding carboxylic acids is 1. The zero-order chi connectivity index (χ0) is 19.3. The van der Waals surface area contributed by atoms with Gasteiger partial charge in [-0.05, 0) is 60.7 Å². The van der Waals surface area contributed by atoms with Gasteiger partial charge in [0.2, 0.25) is 0 Å². The average Bonchev–Trinajstić information content (AvgIpc) is 3.22. The predicted molar refractivity (Wildman–Crippen MR) is 112 cm³/mol. The minimum absolute atomic E-state index is 0.0560. The lowest BCUT2D eigenvalue weighted by Gasteiger charge is -2.29. The topological polar surface area (TPSA) is 42.7 Å². The molecule has 1 saturated heterocycles. The smallest absolute Gasteiger partial charge is 0.186 e. The van der Waals surface area contributed by atoms with Gasteiger partial charge in [0, 0.05) is 34.9 Å². The van der Waals surface area contributed by atoms with Crippen molar-refractivity contribution in [3.8, 4) is 11.3 Å². The lowest BCUT2D eigenvalue weighted by atomic mass is 10.1. The molecule has 142 valence electrons. The fraction of sp³-hybridized carbons (Fsp3) is 0.174. The first-order valence-electron chi connectivity index (χ1n) is 9.20. The van der Waals surface area contributed by atoms with E-state index in [0.29, 0.717) is 29.6 Å². The molecule has 0 aliphatic carbocycles. The number of rotatable bonds is 5. The number of carbonyl (C=O) groups is 1. The quantitative estimate of drug-likeness (QED) is 0.434. The van der Waals surface area contributed by atoms with Crippen LogP contribution < -0.4 is 4.90 Å². The van der Waals surface area contributed by atoms with E-state index in [2.05, 4.69) is 4.90 Å². The first-order valence-corrected chi connectivity index (χ1v) is 9.58. The number of ketones is 1. The van der Waals surface area contributed by atoms with Crippen molar-refractivity contribution in [1.29, 1.82) is 0 Å². The van der Waals surface area contributed by atoms with Crippen LogP contribution in [0.1, 0.15) is 16.1 Å². The zero-order valence-electron chi connectivity index (χ0n) is 15.3. The largest absolute Gasteiger partial charge is 0.457 e. The summed E-state index contributed by atoms with van der Waals surface area (Å²) in [4.78, 5) is 14.8. The Morgan fingerprint density at radius 3 is 2.57 bits per heavy atom. The number of furan rings is 1. The molecule has 5 heteroatoms. The number of nitrogens with zero attached hydrogens (tertiary/aromatic N) is 1. The van der Waals surface area contributed by atoms with Gasteiger partial charge in [-0.25, -0.2) is 0 Å². The number of anilines is 1. The van der Waals surface area contributed by atoms with Crippen molar-refractivity contribution in [3.05, 3.63) is 83.1 Å². The fourth-order valence-electron chi connectivity index (χ4n) is 3.14. The molecule has 28 heavy (non-hydrogen) atoms. The second-order valence-electron chi connectivity index (χ2n) is 6.56. The van der Waals surface area contributed by atoms with Gasteiger partial charge >= 0.3 is 0 Å². The van der Waals surface area contributed by atoms with E-state index in [-0.39, 0.29) is 5.78 Å². The van der Waals surface area contributed by atoms with Crippen LogP contribution in [-0.2, 0) is 4.74 Å². The number of allylic oxidation sites excluding steroid dienone is 1. The molecule has 0 unspecified atom stereocenters. The molecule has 0 bridgehead atoms.